The highest BCUT2D eigenvalue weighted by Crippen LogP contribution is 2.30. The Balaban J connectivity index is 1.68. The third-order valence-corrected chi connectivity index (χ3v) is 3.55. The van der Waals surface area contributed by atoms with E-state index in [-0.39, 0.29) is 0 Å². The fourth-order valence-corrected chi connectivity index (χ4v) is 2.54. The Morgan fingerprint density at radius 1 is 1.12 bits per heavy atom. The molecular formula is C21H21NO3. The van der Waals surface area contributed by atoms with Gasteiger partial charge in [-0.25, -0.2) is 4.79 Å². The highest BCUT2D eigenvalue weighted by Gasteiger charge is 2.15. The standard InChI is InChI=1S/C21H21NO3/c1-21(2,3)25-20(23)22-14-7-6-9-15-10-8-12-17-16-11-4-5-13-18(16)24-19(15)17/h4-5,8,10-13H,7,14H2,1-3H3,(H,22,23). The van der Waals surface area contributed by atoms with Crippen LogP contribution in [0.4, 0.5) is 4.79 Å². The maximum atomic E-state index is 11.6. The number of nitrogens with one attached hydrogen (secondary N) is 1. The summed E-state index contributed by atoms with van der Waals surface area (Å²) in [6, 6.07) is 13.9. The van der Waals surface area contributed by atoms with E-state index in [1.54, 1.807) is 0 Å². The van der Waals surface area contributed by atoms with Crippen molar-refractivity contribution in [3.63, 3.8) is 0 Å². The summed E-state index contributed by atoms with van der Waals surface area (Å²) in [5.74, 6) is 6.21. The molecule has 0 saturated heterocycles. The van der Waals surface area contributed by atoms with E-state index in [1.807, 2.05) is 63.2 Å². The third kappa shape index (κ3) is 4.13. The van der Waals surface area contributed by atoms with E-state index in [4.69, 9.17) is 9.15 Å². The van der Waals surface area contributed by atoms with E-state index < -0.39 is 11.7 Å². The van der Waals surface area contributed by atoms with E-state index in [0.29, 0.717) is 13.0 Å². The van der Waals surface area contributed by atoms with Gasteiger partial charge in [-0.1, -0.05) is 42.2 Å². The summed E-state index contributed by atoms with van der Waals surface area (Å²) in [5, 5.41) is 4.85. The van der Waals surface area contributed by atoms with Crippen LogP contribution in [0.5, 0.6) is 0 Å². The topological polar surface area (TPSA) is 51.5 Å². The summed E-state index contributed by atoms with van der Waals surface area (Å²) in [5.41, 5.74) is 2.02. The Morgan fingerprint density at radius 2 is 1.88 bits per heavy atom. The normalized spacial score (nSPS) is 11.2. The molecule has 3 aromatic rings. The summed E-state index contributed by atoms with van der Waals surface area (Å²) in [6.07, 6.45) is 0.115. The molecule has 0 aliphatic rings. The molecule has 1 heterocycles. The van der Waals surface area contributed by atoms with Gasteiger partial charge in [-0.2, -0.15) is 0 Å². The van der Waals surface area contributed by atoms with Crippen LogP contribution in [0, 0.1) is 11.8 Å². The lowest BCUT2D eigenvalue weighted by Crippen LogP contribution is -2.32. The van der Waals surface area contributed by atoms with Gasteiger partial charge >= 0.3 is 6.09 Å². The van der Waals surface area contributed by atoms with Crippen LogP contribution in [0.2, 0.25) is 0 Å². The third-order valence-electron chi connectivity index (χ3n) is 3.55. The maximum Gasteiger partial charge on any atom is 0.407 e. The average Bonchev–Trinajstić information content (AvgIpc) is 2.92. The molecule has 0 saturated carbocycles. The molecule has 1 amide bonds. The summed E-state index contributed by atoms with van der Waals surface area (Å²) in [6.45, 7) is 5.94. The smallest absolute Gasteiger partial charge is 0.407 e. The molecule has 4 nitrogen and oxygen atoms in total. The molecular weight excluding hydrogens is 314 g/mol. The van der Waals surface area contributed by atoms with Gasteiger partial charge in [0.1, 0.15) is 11.2 Å². The molecule has 4 heteroatoms. The number of hydrogen-bond donors (Lipinski definition) is 1. The highest BCUT2D eigenvalue weighted by molar-refractivity contribution is 6.06. The molecule has 128 valence electrons. The Morgan fingerprint density at radius 3 is 2.68 bits per heavy atom. The summed E-state index contributed by atoms with van der Waals surface area (Å²) in [7, 11) is 0. The Hall–Kier alpha value is -2.93. The van der Waals surface area contributed by atoms with E-state index in [1.165, 1.54) is 0 Å². The molecule has 2 aromatic carbocycles. The second-order valence-electron chi connectivity index (χ2n) is 6.76. The van der Waals surface area contributed by atoms with Crippen molar-refractivity contribution in [2.45, 2.75) is 32.8 Å². The lowest BCUT2D eigenvalue weighted by Gasteiger charge is -2.19. The van der Waals surface area contributed by atoms with Gasteiger partial charge in [-0.15, -0.1) is 0 Å². The second kappa shape index (κ2) is 6.90. The number of carbonyl (C=O) groups is 1. The Labute approximate surface area is 147 Å². The highest BCUT2D eigenvalue weighted by atomic mass is 16.6. The minimum atomic E-state index is -0.493. The monoisotopic (exact) mass is 335 g/mol. The first-order chi connectivity index (χ1) is 11.9. The number of para-hydroxylation sites is 2. The van der Waals surface area contributed by atoms with Crippen molar-refractivity contribution < 1.29 is 13.9 Å². The molecule has 25 heavy (non-hydrogen) atoms. The number of furan rings is 1. The zero-order valence-electron chi connectivity index (χ0n) is 14.7. The first-order valence-electron chi connectivity index (χ1n) is 8.30. The Bertz CT molecular complexity index is 967. The minimum absolute atomic E-state index is 0.423. The molecule has 0 radical (unpaired) electrons. The molecule has 0 bridgehead atoms. The van der Waals surface area contributed by atoms with E-state index in [0.717, 1.165) is 27.5 Å². The summed E-state index contributed by atoms with van der Waals surface area (Å²) < 4.78 is 11.1. The van der Waals surface area contributed by atoms with Crippen LogP contribution in [0.3, 0.4) is 0 Å². The zero-order chi connectivity index (χ0) is 17.9. The maximum absolute atomic E-state index is 11.6. The van der Waals surface area contributed by atoms with Crippen molar-refractivity contribution >= 4 is 28.0 Å². The average molecular weight is 335 g/mol. The van der Waals surface area contributed by atoms with Crippen LogP contribution < -0.4 is 5.32 Å². The summed E-state index contributed by atoms with van der Waals surface area (Å²) in [4.78, 5) is 11.6. The van der Waals surface area contributed by atoms with Gasteiger partial charge in [-0.05, 0) is 32.9 Å². The van der Waals surface area contributed by atoms with Gasteiger partial charge in [0.15, 0.2) is 5.58 Å². The Kier molecular flexibility index (Phi) is 4.67. The van der Waals surface area contributed by atoms with E-state index in [2.05, 4.69) is 17.2 Å². The van der Waals surface area contributed by atoms with Crippen LogP contribution in [0.25, 0.3) is 21.9 Å². The summed E-state index contributed by atoms with van der Waals surface area (Å²) >= 11 is 0. The van der Waals surface area contributed by atoms with Crippen LogP contribution in [-0.2, 0) is 4.74 Å². The number of alkyl carbamates (subject to hydrolysis) is 1. The minimum Gasteiger partial charge on any atom is -0.455 e. The first kappa shape index (κ1) is 16.9. The number of benzene rings is 2. The fraction of sp³-hybridized carbons (Fsp3) is 0.286. The van der Waals surface area contributed by atoms with Crippen molar-refractivity contribution in [2.75, 3.05) is 6.54 Å². The molecule has 0 atom stereocenters. The van der Waals surface area contributed by atoms with E-state index >= 15 is 0 Å². The number of fused-ring (bicyclic) bond motifs is 3. The van der Waals surface area contributed by atoms with E-state index in [9.17, 15) is 4.79 Å². The van der Waals surface area contributed by atoms with Crippen LogP contribution >= 0.6 is 0 Å². The number of hydrogen-bond acceptors (Lipinski definition) is 3. The van der Waals surface area contributed by atoms with Gasteiger partial charge < -0.3 is 14.5 Å². The van der Waals surface area contributed by atoms with Gasteiger partial charge in [0.25, 0.3) is 0 Å². The largest absolute Gasteiger partial charge is 0.455 e. The van der Waals surface area contributed by atoms with Crippen molar-refractivity contribution in [3.8, 4) is 11.8 Å². The molecule has 0 aliphatic heterocycles. The van der Waals surface area contributed by atoms with Crippen molar-refractivity contribution in [1.29, 1.82) is 0 Å². The van der Waals surface area contributed by atoms with Crippen molar-refractivity contribution in [2.24, 2.45) is 0 Å². The van der Waals surface area contributed by atoms with Gasteiger partial charge in [-0.3, -0.25) is 0 Å². The fourth-order valence-electron chi connectivity index (χ4n) is 2.54. The molecule has 0 unspecified atom stereocenters. The molecule has 0 fully saturated rings. The molecule has 1 N–H and O–H groups in total. The number of rotatable bonds is 2. The van der Waals surface area contributed by atoms with Crippen molar-refractivity contribution in [3.05, 3.63) is 48.0 Å². The SMILES string of the molecule is CC(C)(C)OC(=O)NCCC#Cc1cccc2c1oc1ccccc12. The molecule has 0 spiro atoms. The number of amides is 1. The van der Waals surface area contributed by atoms with Crippen LogP contribution in [0.15, 0.2) is 46.9 Å². The lowest BCUT2D eigenvalue weighted by molar-refractivity contribution is 0.0529. The molecule has 1 aromatic heterocycles. The van der Waals surface area contributed by atoms with Gasteiger partial charge in [0.05, 0.1) is 5.56 Å². The van der Waals surface area contributed by atoms with Gasteiger partial charge in [0, 0.05) is 23.7 Å². The van der Waals surface area contributed by atoms with Crippen molar-refractivity contribution in [1.82, 2.24) is 5.32 Å². The van der Waals surface area contributed by atoms with Crippen LogP contribution in [0.1, 0.15) is 32.8 Å². The zero-order valence-corrected chi connectivity index (χ0v) is 14.7. The lowest BCUT2D eigenvalue weighted by atomic mass is 10.1. The second-order valence-corrected chi connectivity index (χ2v) is 6.76. The number of ether oxygens (including phenoxy) is 1. The number of carbonyl (C=O) groups excluding carboxylic acids is 1. The molecule has 3 rings (SSSR count). The predicted octanol–water partition coefficient (Wildman–Crippen LogP) is 4.85. The van der Waals surface area contributed by atoms with Gasteiger partial charge in [0.2, 0.25) is 0 Å². The first-order valence-corrected chi connectivity index (χ1v) is 8.30. The quantitative estimate of drug-likeness (QED) is 0.538. The van der Waals surface area contributed by atoms with Crippen LogP contribution in [-0.4, -0.2) is 18.2 Å². The predicted molar refractivity (Wildman–Crippen MR) is 99.5 cm³/mol. The molecule has 0 aliphatic carbocycles.